The molecule has 1 aliphatic heterocycles. The van der Waals surface area contributed by atoms with Gasteiger partial charge in [-0.05, 0) is 6.92 Å². The summed E-state index contributed by atoms with van der Waals surface area (Å²) in [5.74, 6) is 0.892. The van der Waals surface area contributed by atoms with Gasteiger partial charge >= 0.3 is 0 Å². The van der Waals surface area contributed by atoms with Crippen LogP contribution in [0.3, 0.4) is 0 Å². The molecule has 1 aromatic rings. The van der Waals surface area contributed by atoms with Gasteiger partial charge in [0.15, 0.2) is 0 Å². The van der Waals surface area contributed by atoms with E-state index in [4.69, 9.17) is 4.74 Å². The Hall–Kier alpha value is -1.40. The van der Waals surface area contributed by atoms with Crippen LogP contribution in [0.25, 0.3) is 0 Å². The minimum atomic E-state index is -0.170. The number of hydrogen-bond donors (Lipinski definition) is 2. The summed E-state index contributed by atoms with van der Waals surface area (Å²) >= 11 is 0. The molecular weight excluding hydrogens is 232 g/mol. The van der Waals surface area contributed by atoms with Gasteiger partial charge in [0.2, 0.25) is 5.91 Å². The van der Waals surface area contributed by atoms with Crippen LogP contribution in [0.1, 0.15) is 12.7 Å². The Morgan fingerprint density at radius 3 is 3.00 bits per heavy atom. The minimum absolute atomic E-state index is 0.0719. The summed E-state index contributed by atoms with van der Waals surface area (Å²) in [6.07, 6.45) is 4.38. The first-order valence-electron chi connectivity index (χ1n) is 6.17. The van der Waals surface area contributed by atoms with Crippen molar-refractivity contribution in [2.45, 2.75) is 18.9 Å². The molecule has 0 aromatic carbocycles. The highest BCUT2D eigenvalue weighted by Crippen LogP contribution is 2.14. The molecule has 1 amide bonds. The molecule has 0 bridgehead atoms. The smallest absolute Gasteiger partial charge is 0.246 e. The summed E-state index contributed by atoms with van der Waals surface area (Å²) < 4.78 is 7.49. The molecule has 1 aliphatic rings. The van der Waals surface area contributed by atoms with E-state index in [2.05, 4.69) is 15.6 Å². The van der Waals surface area contributed by atoms with E-state index in [9.17, 15) is 4.79 Å². The lowest BCUT2D eigenvalue weighted by Gasteiger charge is -2.38. The zero-order chi connectivity index (χ0) is 13.0. The van der Waals surface area contributed by atoms with Crippen LogP contribution in [0.4, 0.5) is 0 Å². The molecule has 6 nitrogen and oxygen atoms in total. The van der Waals surface area contributed by atoms with E-state index in [0.29, 0.717) is 6.54 Å². The second kappa shape index (κ2) is 5.49. The van der Waals surface area contributed by atoms with E-state index in [1.165, 1.54) is 0 Å². The molecule has 0 unspecified atom stereocenters. The number of nitrogens with zero attached hydrogens (tertiary/aromatic N) is 2. The number of carbonyl (C=O) groups is 1. The van der Waals surface area contributed by atoms with E-state index < -0.39 is 0 Å². The van der Waals surface area contributed by atoms with Crippen molar-refractivity contribution in [1.29, 1.82) is 0 Å². The van der Waals surface area contributed by atoms with Crippen LogP contribution in [0.2, 0.25) is 0 Å². The fraction of sp³-hybridized carbons (Fsp3) is 0.667. The van der Waals surface area contributed by atoms with Gasteiger partial charge in [0.1, 0.15) is 12.4 Å². The van der Waals surface area contributed by atoms with Crippen LogP contribution in [-0.4, -0.2) is 47.3 Å². The highest BCUT2D eigenvalue weighted by molar-refractivity contribution is 5.77. The molecule has 1 fully saturated rings. The Labute approximate surface area is 107 Å². The van der Waals surface area contributed by atoms with Crippen LogP contribution in [0.15, 0.2) is 12.4 Å². The van der Waals surface area contributed by atoms with Crippen molar-refractivity contribution < 1.29 is 9.53 Å². The van der Waals surface area contributed by atoms with Gasteiger partial charge < -0.3 is 19.9 Å². The summed E-state index contributed by atoms with van der Waals surface area (Å²) in [5.41, 5.74) is -0.170. The van der Waals surface area contributed by atoms with Gasteiger partial charge in [-0.2, -0.15) is 0 Å². The zero-order valence-corrected chi connectivity index (χ0v) is 10.9. The third kappa shape index (κ3) is 3.30. The van der Waals surface area contributed by atoms with Crippen molar-refractivity contribution in [2.75, 3.05) is 26.2 Å². The number of amides is 1. The Morgan fingerprint density at radius 2 is 2.44 bits per heavy atom. The van der Waals surface area contributed by atoms with Crippen LogP contribution < -0.4 is 10.6 Å². The zero-order valence-electron chi connectivity index (χ0n) is 10.9. The lowest BCUT2D eigenvalue weighted by atomic mass is 10.0. The maximum atomic E-state index is 11.6. The SMILES string of the molecule is Cn1ccnc1CCNC(=O)COC1(C)CNC1. The van der Waals surface area contributed by atoms with Gasteiger partial charge in [-0.15, -0.1) is 0 Å². The second-order valence-corrected chi connectivity index (χ2v) is 4.90. The topological polar surface area (TPSA) is 68.2 Å². The van der Waals surface area contributed by atoms with Gasteiger partial charge in [0, 0.05) is 45.5 Å². The summed E-state index contributed by atoms with van der Waals surface area (Å²) in [6, 6.07) is 0. The number of carbonyl (C=O) groups excluding carboxylic acids is 1. The average molecular weight is 252 g/mol. The number of hydrogen-bond acceptors (Lipinski definition) is 4. The third-order valence-electron chi connectivity index (χ3n) is 3.14. The molecule has 0 aliphatic carbocycles. The molecule has 18 heavy (non-hydrogen) atoms. The minimum Gasteiger partial charge on any atom is -0.363 e. The second-order valence-electron chi connectivity index (χ2n) is 4.90. The van der Waals surface area contributed by atoms with Crippen LogP contribution in [-0.2, 0) is 23.0 Å². The molecule has 2 heterocycles. The van der Waals surface area contributed by atoms with Crippen molar-refractivity contribution >= 4 is 5.91 Å². The van der Waals surface area contributed by atoms with E-state index in [-0.39, 0.29) is 18.1 Å². The lowest BCUT2D eigenvalue weighted by molar-refractivity contribution is -0.135. The van der Waals surface area contributed by atoms with Gasteiger partial charge in [0.25, 0.3) is 0 Å². The van der Waals surface area contributed by atoms with Gasteiger partial charge in [-0.25, -0.2) is 4.98 Å². The highest BCUT2D eigenvalue weighted by Gasteiger charge is 2.32. The summed E-state index contributed by atoms with van der Waals surface area (Å²) in [4.78, 5) is 15.8. The molecule has 0 spiro atoms. The van der Waals surface area contributed by atoms with E-state index in [1.54, 1.807) is 6.20 Å². The van der Waals surface area contributed by atoms with E-state index in [1.807, 2.05) is 24.7 Å². The number of imidazole rings is 1. The van der Waals surface area contributed by atoms with E-state index >= 15 is 0 Å². The maximum Gasteiger partial charge on any atom is 0.246 e. The van der Waals surface area contributed by atoms with Gasteiger partial charge in [0.05, 0.1) is 5.60 Å². The normalized spacial score (nSPS) is 17.2. The summed E-state index contributed by atoms with van der Waals surface area (Å²) in [6.45, 7) is 4.34. The van der Waals surface area contributed by atoms with Gasteiger partial charge in [-0.3, -0.25) is 4.79 Å². The molecular formula is C12H20N4O2. The molecule has 0 saturated carbocycles. The summed E-state index contributed by atoms with van der Waals surface area (Å²) in [5, 5.41) is 5.96. The first kappa shape index (κ1) is 13.0. The number of aryl methyl sites for hydroxylation is 1. The largest absolute Gasteiger partial charge is 0.363 e. The van der Waals surface area contributed by atoms with E-state index in [0.717, 1.165) is 25.3 Å². The predicted molar refractivity (Wildman–Crippen MR) is 67.1 cm³/mol. The average Bonchev–Trinajstić information content (AvgIpc) is 2.70. The Balaban J connectivity index is 1.61. The van der Waals surface area contributed by atoms with Crippen molar-refractivity contribution in [3.05, 3.63) is 18.2 Å². The van der Waals surface area contributed by atoms with Crippen molar-refractivity contribution in [3.8, 4) is 0 Å². The molecule has 100 valence electrons. The fourth-order valence-corrected chi connectivity index (χ4v) is 1.82. The standard InChI is InChI=1S/C12H20N4O2/c1-12(8-13-9-12)18-7-11(17)15-4-3-10-14-5-6-16(10)2/h5-6,13H,3-4,7-9H2,1-2H3,(H,15,17). The molecule has 0 radical (unpaired) electrons. The molecule has 1 aromatic heterocycles. The highest BCUT2D eigenvalue weighted by atomic mass is 16.5. The predicted octanol–water partition coefficient (Wildman–Crippen LogP) is -0.543. The quantitative estimate of drug-likeness (QED) is 0.713. The first-order chi connectivity index (χ1) is 8.59. The summed E-state index contributed by atoms with van der Waals surface area (Å²) in [7, 11) is 1.94. The number of aromatic nitrogens is 2. The Morgan fingerprint density at radius 1 is 1.67 bits per heavy atom. The van der Waals surface area contributed by atoms with Crippen LogP contribution in [0, 0.1) is 0 Å². The molecule has 1 saturated heterocycles. The monoisotopic (exact) mass is 252 g/mol. The number of rotatable bonds is 6. The number of nitrogens with one attached hydrogen (secondary N) is 2. The fourth-order valence-electron chi connectivity index (χ4n) is 1.82. The van der Waals surface area contributed by atoms with Crippen molar-refractivity contribution in [3.63, 3.8) is 0 Å². The van der Waals surface area contributed by atoms with Crippen LogP contribution in [0.5, 0.6) is 0 Å². The Kier molecular flexibility index (Phi) is 3.98. The molecule has 2 rings (SSSR count). The third-order valence-corrected chi connectivity index (χ3v) is 3.14. The molecule has 6 heteroatoms. The van der Waals surface area contributed by atoms with Crippen molar-refractivity contribution in [1.82, 2.24) is 20.2 Å². The molecule has 0 atom stereocenters. The van der Waals surface area contributed by atoms with Crippen molar-refractivity contribution in [2.24, 2.45) is 7.05 Å². The van der Waals surface area contributed by atoms with Crippen LogP contribution >= 0.6 is 0 Å². The Bertz CT molecular complexity index is 412. The first-order valence-corrected chi connectivity index (χ1v) is 6.17. The molecule has 2 N–H and O–H groups in total. The lowest BCUT2D eigenvalue weighted by Crippen LogP contribution is -2.59. The number of ether oxygens (including phenoxy) is 1. The van der Waals surface area contributed by atoms with Gasteiger partial charge in [-0.1, -0.05) is 0 Å². The maximum absolute atomic E-state index is 11.6.